The van der Waals surface area contributed by atoms with E-state index in [2.05, 4.69) is 12.2 Å². The van der Waals surface area contributed by atoms with Gasteiger partial charge in [0, 0.05) is 4.88 Å². The molecule has 1 aromatic carbocycles. The Morgan fingerprint density at radius 3 is 3.00 bits per heavy atom. The van der Waals surface area contributed by atoms with E-state index in [4.69, 9.17) is 4.98 Å². The van der Waals surface area contributed by atoms with Gasteiger partial charge in [-0.3, -0.25) is 0 Å². The van der Waals surface area contributed by atoms with Gasteiger partial charge in [0.15, 0.2) is 0 Å². The van der Waals surface area contributed by atoms with Crippen molar-refractivity contribution >= 4 is 11.3 Å². The average Bonchev–Trinajstić information content (AvgIpc) is 3.00. The normalized spacial score (nSPS) is 15.3. The Bertz CT molecular complexity index is 599. The van der Waals surface area contributed by atoms with Crippen LogP contribution < -0.4 is 5.32 Å². The van der Waals surface area contributed by atoms with Crippen molar-refractivity contribution in [3.05, 3.63) is 50.7 Å². The van der Waals surface area contributed by atoms with Crippen LogP contribution in [0.3, 0.4) is 0 Å². The van der Waals surface area contributed by atoms with Gasteiger partial charge in [-0.05, 0) is 56.0 Å². The Hall–Kier alpha value is -1.26. The van der Waals surface area contributed by atoms with Crippen LogP contribution in [0.25, 0.3) is 0 Å². The minimum absolute atomic E-state index is 0.00583. The Balaban J connectivity index is 2.01. The summed E-state index contributed by atoms with van der Waals surface area (Å²) in [4.78, 5) is 6.20. The van der Waals surface area contributed by atoms with E-state index in [9.17, 15) is 4.39 Å². The van der Waals surface area contributed by atoms with Crippen LogP contribution in [-0.2, 0) is 12.8 Å². The van der Waals surface area contributed by atoms with Gasteiger partial charge in [0.2, 0.25) is 0 Å². The van der Waals surface area contributed by atoms with Gasteiger partial charge in [-0.25, -0.2) is 9.37 Å². The molecule has 0 aliphatic heterocycles. The fourth-order valence-corrected chi connectivity index (χ4v) is 4.04. The number of benzene rings is 1. The molecule has 0 radical (unpaired) electrons. The first-order valence-electron chi connectivity index (χ1n) is 7.17. The molecule has 2 nitrogen and oxygen atoms in total. The number of hydrogen-bond acceptors (Lipinski definition) is 3. The van der Waals surface area contributed by atoms with E-state index in [1.54, 1.807) is 17.4 Å². The molecule has 1 heterocycles. The molecular formula is C16H19FN2S. The second-order valence-corrected chi connectivity index (χ2v) is 6.38. The van der Waals surface area contributed by atoms with Crippen LogP contribution in [-0.4, -0.2) is 11.5 Å². The maximum Gasteiger partial charge on any atom is 0.123 e. The first-order valence-corrected chi connectivity index (χ1v) is 7.98. The van der Waals surface area contributed by atoms with Crippen LogP contribution in [0.1, 0.15) is 46.1 Å². The molecule has 1 aromatic heterocycles. The summed E-state index contributed by atoms with van der Waals surface area (Å²) in [5, 5.41) is 4.53. The maximum absolute atomic E-state index is 13.6. The van der Waals surface area contributed by atoms with Crippen molar-refractivity contribution in [2.75, 3.05) is 6.54 Å². The van der Waals surface area contributed by atoms with E-state index in [0.29, 0.717) is 0 Å². The SMILES string of the molecule is CCNC(c1nc2c(s1)CCC2)c1cc(F)ccc1C. The van der Waals surface area contributed by atoms with Crippen LogP contribution in [0.15, 0.2) is 18.2 Å². The molecule has 1 atom stereocenters. The first-order chi connectivity index (χ1) is 9.69. The smallest absolute Gasteiger partial charge is 0.123 e. The van der Waals surface area contributed by atoms with Crippen molar-refractivity contribution in [3.8, 4) is 0 Å². The summed E-state index contributed by atoms with van der Waals surface area (Å²) < 4.78 is 13.6. The summed E-state index contributed by atoms with van der Waals surface area (Å²) in [7, 11) is 0. The minimum atomic E-state index is -0.183. The molecule has 1 aliphatic carbocycles. The number of aryl methyl sites for hydroxylation is 3. The molecule has 3 rings (SSSR count). The van der Waals surface area contributed by atoms with Gasteiger partial charge < -0.3 is 5.32 Å². The Morgan fingerprint density at radius 2 is 2.25 bits per heavy atom. The molecule has 4 heteroatoms. The Kier molecular flexibility index (Phi) is 3.85. The lowest BCUT2D eigenvalue weighted by Crippen LogP contribution is -2.23. The topological polar surface area (TPSA) is 24.9 Å². The van der Waals surface area contributed by atoms with E-state index in [-0.39, 0.29) is 11.9 Å². The zero-order valence-corrected chi connectivity index (χ0v) is 12.7. The molecule has 106 valence electrons. The number of halogens is 1. The summed E-state index contributed by atoms with van der Waals surface area (Å²) in [6.07, 6.45) is 3.46. The number of thiazole rings is 1. The molecular weight excluding hydrogens is 271 g/mol. The number of nitrogens with one attached hydrogen (secondary N) is 1. The number of hydrogen-bond donors (Lipinski definition) is 1. The van der Waals surface area contributed by atoms with E-state index in [0.717, 1.165) is 35.5 Å². The standard InChI is InChI=1S/C16H19FN2S/c1-3-18-15(12-9-11(17)8-7-10(12)2)16-19-13-5-4-6-14(13)20-16/h7-9,15,18H,3-6H2,1-2H3. The van der Waals surface area contributed by atoms with Gasteiger partial charge in [-0.2, -0.15) is 0 Å². The lowest BCUT2D eigenvalue weighted by molar-refractivity contribution is 0.598. The maximum atomic E-state index is 13.6. The Labute approximate surface area is 123 Å². The molecule has 20 heavy (non-hydrogen) atoms. The molecule has 0 saturated carbocycles. The van der Waals surface area contributed by atoms with Gasteiger partial charge in [-0.1, -0.05) is 13.0 Å². The number of rotatable bonds is 4. The van der Waals surface area contributed by atoms with Crippen LogP contribution in [0.2, 0.25) is 0 Å². The lowest BCUT2D eigenvalue weighted by atomic mass is 10.0. The summed E-state index contributed by atoms with van der Waals surface area (Å²) >= 11 is 1.78. The van der Waals surface area contributed by atoms with Crippen molar-refractivity contribution in [1.29, 1.82) is 0 Å². The van der Waals surface area contributed by atoms with E-state index >= 15 is 0 Å². The molecule has 1 aliphatic rings. The van der Waals surface area contributed by atoms with Crippen LogP contribution in [0.5, 0.6) is 0 Å². The molecule has 2 aromatic rings. The highest BCUT2D eigenvalue weighted by molar-refractivity contribution is 7.11. The van der Waals surface area contributed by atoms with Crippen LogP contribution in [0.4, 0.5) is 4.39 Å². The minimum Gasteiger partial charge on any atom is -0.305 e. The molecule has 0 bridgehead atoms. The highest BCUT2D eigenvalue weighted by atomic mass is 32.1. The second kappa shape index (κ2) is 5.62. The third-order valence-electron chi connectivity index (χ3n) is 3.82. The zero-order chi connectivity index (χ0) is 14.1. The predicted molar refractivity (Wildman–Crippen MR) is 80.8 cm³/mol. The van der Waals surface area contributed by atoms with Gasteiger partial charge in [-0.15, -0.1) is 11.3 Å². The largest absolute Gasteiger partial charge is 0.305 e. The summed E-state index contributed by atoms with van der Waals surface area (Å²) in [6, 6.07) is 5.00. The van der Waals surface area contributed by atoms with Gasteiger partial charge in [0.25, 0.3) is 0 Å². The van der Waals surface area contributed by atoms with Crippen molar-refractivity contribution in [2.24, 2.45) is 0 Å². The van der Waals surface area contributed by atoms with Crippen molar-refractivity contribution < 1.29 is 4.39 Å². The molecule has 0 amide bonds. The van der Waals surface area contributed by atoms with Crippen molar-refractivity contribution in [1.82, 2.24) is 10.3 Å². The molecule has 0 fully saturated rings. The monoisotopic (exact) mass is 290 g/mol. The quantitative estimate of drug-likeness (QED) is 0.927. The third kappa shape index (κ3) is 2.50. The van der Waals surface area contributed by atoms with Crippen molar-refractivity contribution in [3.63, 3.8) is 0 Å². The summed E-state index contributed by atoms with van der Waals surface area (Å²) in [6.45, 7) is 4.94. The number of aromatic nitrogens is 1. The fourth-order valence-electron chi connectivity index (χ4n) is 2.79. The van der Waals surface area contributed by atoms with E-state index in [1.807, 2.05) is 13.0 Å². The summed E-state index contributed by atoms with van der Waals surface area (Å²) in [5.41, 5.74) is 3.36. The van der Waals surface area contributed by atoms with Gasteiger partial charge in [0.1, 0.15) is 10.8 Å². The van der Waals surface area contributed by atoms with E-state index < -0.39 is 0 Å². The van der Waals surface area contributed by atoms with Crippen LogP contribution >= 0.6 is 11.3 Å². The summed E-state index contributed by atoms with van der Waals surface area (Å²) in [5.74, 6) is -0.183. The average molecular weight is 290 g/mol. The Morgan fingerprint density at radius 1 is 1.40 bits per heavy atom. The number of fused-ring (bicyclic) bond motifs is 1. The molecule has 1 N–H and O–H groups in total. The van der Waals surface area contributed by atoms with Crippen LogP contribution in [0, 0.1) is 12.7 Å². The second-order valence-electron chi connectivity index (χ2n) is 5.27. The predicted octanol–water partition coefficient (Wildman–Crippen LogP) is 3.78. The lowest BCUT2D eigenvalue weighted by Gasteiger charge is -2.18. The van der Waals surface area contributed by atoms with E-state index in [1.165, 1.54) is 23.1 Å². The zero-order valence-electron chi connectivity index (χ0n) is 11.9. The fraction of sp³-hybridized carbons (Fsp3) is 0.438. The van der Waals surface area contributed by atoms with Crippen molar-refractivity contribution in [2.45, 2.75) is 39.2 Å². The highest BCUT2D eigenvalue weighted by Gasteiger charge is 2.23. The number of nitrogens with zero attached hydrogens (tertiary/aromatic N) is 1. The molecule has 1 unspecified atom stereocenters. The molecule has 0 spiro atoms. The third-order valence-corrected chi connectivity index (χ3v) is 5.04. The highest BCUT2D eigenvalue weighted by Crippen LogP contribution is 2.34. The van der Waals surface area contributed by atoms with Gasteiger partial charge in [0.05, 0.1) is 11.7 Å². The molecule has 0 saturated heterocycles. The van der Waals surface area contributed by atoms with Gasteiger partial charge >= 0.3 is 0 Å². The first kappa shape index (κ1) is 13.7.